The third-order valence-electron chi connectivity index (χ3n) is 4.88. The molecule has 4 heterocycles. The Bertz CT molecular complexity index is 743. The zero-order valence-corrected chi connectivity index (χ0v) is 14.5. The average molecular weight is 354 g/mol. The zero-order valence-electron chi connectivity index (χ0n) is 14.5. The fraction of sp³-hybridized carbons (Fsp3) is 0.421. The lowest BCUT2D eigenvalue weighted by Gasteiger charge is -2.23. The van der Waals surface area contributed by atoms with Crippen molar-refractivity contribution >= 4 is 6.03 Å². The van der Waals surface area contributed by atoms with E-state index in [2.05, 4.69) is 15.3 Å². The van der Waals surface area contributed by atoms with E-state index in [0.29, 0.717) is 26.2 Å². The molecule has 2 aromatic rings. The smallest absolute Gasteiger partial charge is 0.317 e. The van der Waals surface area contributed by atoms with E-state index < -0.39 is 0 Å². The van der Waals surface area contributed by atoms with Crippen LogP contribution < -0.4 is 10.1 Å². The first-order chi connectivity index (χ1) is 12.7. The topological polar surface area (TPSA) is 76.6 Å². The van der Waals surface area contributed by atoms with Gasteiger partial charge in [0.05, 0.1) is 24.9 Å². The highest BCUT2D eigenvalue weighted by atomic mass is 16.6. The largest absolute Gasteiger partial charge is 0.486 e. The van der Waals surface area contributed by atoms with E-state index in [0.717, 1.165) is 24.2 Å². The van der Waals surface area contributed by atoms with Gasteiger partial charge in [0.15, 0.2) is 0 Å². The van der Waals surface area contributed by atoms with Gasteiger partial charge >= 0.3 is 6.03 Å². The summed E-state index contributed by atoms with van der Waals surface area (Å²) in [4.78, 5) is 22.4. The maximum atomic E-state index is 12.4. The molecule has 0 saturated carbocycles. The molecule has 2 saturated heterocycles. The SMILES string of the molecule is O=C(NCc1cccnc1)N1CCC2(CC(Oc3cccnc3)CO2)C1. The first-order valence-electron chi connectivity index (χ1n) is 8.85. The summed E-state index contributed by atoms with van der Waals surface area (Å²) in [6.07, 6.45) is 8.52. The number of carbonyl (C=O) groups is 1. The summed E-state index contributed by atoms with van der Waals surface area (Å²) in [6.45, 7) is 2.31. The summed E-state index contributed by atoms with van der Waals surface area (Å²) < 4.78 is 12.0. The van der Waals surface area contributed by atoms with E-state index in [1.54, 1.807) is 24.8 Å². The minimum atomic E-state index is -0.293. The molecule has 136 valence electrons. The monoisotopic (exact) mass is 354 g/mol. The van der Waals surface area contributed by atoms with E-state index in [1.165, 1.54) is 0 Å². The number of hydrogen-bond donors (Lipinski definition) is 1. The second kappa shape index (κ2) is 7.29. The number of ether oxygens (including phenoxy) is 2. The number of rotatable bonds is 4. The van der Waals surface area contributed by atoms with Crippen molar-refractivity contribution in [1.29, 1.82) is 0 Å². The van der Waals surface area contributed by atoms with Gasteiger partial charge in [0.2, 0.25) is 0 Å². The molecule has 0 radical (unpaired) electrons. The van der Waals surface area contributed by atoms with Crippen LogP contribution in [0.1, 0.15) is 18.4 Å². The fourth-order valence-electron chi connectivity index (χ4n) is 3.58. The van der Waals surface area contributed by atoms with Gasteiger partial charge in [-0.2, -0.15) is 0 Å². The summed E-state index contributed by atoms with van der Waals surface area (Å²) in [7, 11) is 0. The predicted octanol–water partition coefficient (Wildman–Crippen LogP) is 2.00. The molecule has 2 fully saturated rings. The van der Waals surface area contributed by atoms with Gasteiger partial charge in [-0.3, -0.25) is 9.97 Å². The number of pyridine rings is 2. The van der Waals surface area contributed by atoms with E-state index in [9.17, 15) is 4.79 Å². The molecule has 1 N–H and O–H groups in total. The number of nitrogens with zero attached hydrogens (tertiary/aromatic N) is 3. The summed E-state index contributed by atoms with van der Waals surface area (Å²) in [5.74, 6) is 0.752. The molecule has 2 amide bonds. The normalized spacial score (nSPS) is 24.8. The van der Waals surface area contributed by atoms with Crippen molar-refractivity contribution in [1.82, 2.24) is 20.2 Å². The van der Waals surface area contributed by atoms with Crippen LogP contribution in [0.25, 0.3) is 0 Å². The van der Waals surface area contributed by atoms with Crippen LogP contribution in [0.5, 0.6) is 5.75 Å². The van der Waals surface area contributed by atoms with Crippen molar-refractivity contribution in [2.75, 3.05) is 19.7 Å². The molecule has 0 bridgehead atoms. The molecule has 26 heavy (non-hydrogen) atoms. The van der Waals surface area contributed by atoms with Crippen LogP contribution in [-0.2, 0) is 11.3 Å². The Balaban J connectivity index is 1.28. The number of hydrogen-bond acceptors (Lipinski definition) is 5. The summed E-state index contributed by atoms with van der Waals surface area (Å²) in [5.41, 5.74) is 0.690. The Labute approximate surface area is 152 Å². The average Bonchev–Trinajstić information content (AvgIpc) is 3.28. The lowest BCUT2D eigenvalue weighted by Crippen LogP contribution is -2.41. The van der Waals surface area contributed by atoms with E-state index in [-0.39, 0.29) is 17.7 Å². The van der Waals surface area contributed by atoms with Crippen LogP contribution in [0.3, 0.4) is 0 Å². The Morgan fingerprint density at radius 3 is 2.92 bits per heavy atom. The molecule has 0 aromatic carbocycles. The minimum absolute atomic E-state index is 0.00222. The molecule has 7 nitrogen and oxygen atoms in total. The number of likely N-dealkylation sites (tertiary alicyclic amines) is 1. The Morgan fingerprint density at radius 2 is 2.15 bits per heavy atom. The molecular weight excluding hydrogens is 332 g/mol. The van der Waals surface area contributed by atoms with Crippen molar-refractivity contribution in [3.8, 4) is 5.75 Å². The summed E-state index contributed by atoms with van der Waals surface area (Å²) in [6, 6.07) is 7.49. The Kier molecular flexibility index (Phi) is 4.71. The Morgan fingerprint density at radius 1 is 1.31 bits per heavy atom. The van der Waals surface area contributed by atoms with Crippen LogP contribution >= 0.6 is 0 Å². The third-order valence-corrected chi connectivity index (χ3v) is 4.88. The van der Waals surface area contributed by atoms with Crippen LogP contribution in [-0.4, -0.2) is 52.3 Å². The molecule has 2 aliphatic heterocycles. The predicted molar refractivity (Wildman–Crippen MR) is 94.6 cm³/mol. The van der Waals surface area contributed by atoms with Gasteiger partial charge in [-0.15, -0.1) is 0 Å². The van der Waals surface area contributed by atoms with Gasteiger partial charge in [0, 0.05) is 38.1 Å². The molecular formula is C19H22N4O3. The molecule has 1 spiro atoms. The van der Waals surface area contributed by atoms with Gasteiger partial charge in [-0.1, -0.05) is 6.07 Å². The molecule has 0 aliphatic carbocycles. The van der Waals surface area contributed by atoms with E-state index in [1.807, 2.05) is 29.2 Å². The van der Waals surface area contributed by atoms with Gasteiger partial charge in [-0.05, 0) is 30.2 Å². The maximum absolute atomic E-state index is 12.4. The summed E-state index contributed by atoms with van der Waals surface area (Å²) >= 11 is 0. The molecule has 2 aliphatic rings. The third kappa shape index (κ3) is 3.77. The second-order valence-corrected chi connectivity index (χ2v) is 6.82. The Hall–Kier alpha value is -2.67. The maximum Gasteiger partial charge on any atom is 0.317 e. The quantitative estimate of drug-likeness (QED) is 0.909. The highest BCUT2D eigenvalue weighted by Crippen LogP contribution is 2.36. The zero-order chi connectivity index (χ0) is 17.8. The van der Waals surface area contributed by atoms with Crippen LogP contribution in [0.15, 0.2) is 49.1 Å². The number of amides is 2. The minimum Gasteiger partial charge on any atom is -0.486 e. The van der Waals surface area contributed by atoms with Gasteiger partial charge in [-0.25, -0.2) is 4.79 Å². The van der Waals surface area contributed by atoms with Crippen molar-refractivity contribution in [2.24, 2.45) is 0 Å². The lowest BCUT2D eigenvalue weighted by atomic mass is 9.98. The fourth-order valence-corrected chi connectivity index (χ4v) is 3.58. The van der Waals surface area contributed by atoms with Gasteiger partial charge < -0.3 is 19.7 Å². The van der Waals surface area contributed by atoms with Crippen molar-refractivity contribution < 1.29 is 14.3 Å². The van der Waals surface area contributed by atoms with E-state index >= 15 is 0 Å². The highest BCUT2D eigenvalue weighted by Gasteiger charge is 2.47. The second-order valence-electron chi connectivity index (χ2n) is 6.82. The number of nitrogens with one attached hydrogen (secondary N) is 1. The van der Waals surface area contributed by atoms with Crippen molar-refractivity contribution in [2.45, 2.75) is 31.1 Å². The lowest BCUT2D eigenvalue weighted by molar-refractivity contribution is 0.0122. The standard InChI is InChI=1S/C19H22N4O3/c24-18(22-11-15-3-1-6-20-10-15)23-8-5-19(14-23)9-17(13-25-19)26-16-4-2-7-21-12-16/h1-4,6-7,10,12,17H,5,8-9,11,13-14H2,(H,22,24). The molecule has 2 aromatic heterocycles. The van der Waals surface area contributed by atoms with Crippen molar-refractivity contribution in [3.63, 3.8) is 0 Å². The van der Waals surface area contributed by atoms with E-state index in [4.69, 9.17) is 9.47 Å². The molecule has 2 atom stereocenters. The van der Waals surface area contributed by atoms with Crippen LogP contribution in [0, 0.1) is 0 Å². The number of urea groups is 1. The number of carbonyl (C=O) groups excluding carboxylic acids is 1. The van der Waals surface area contributed by atoms with Crippen LogP contribution in [0.4, 0.5) is 4.79 Å². The summed E-state index contributed by atoms with van der Waals surface area (Å²) in [5, 5.41) is 2.95. The first kappa shape index (κ1) is 16.8. The van der Waals surface area contributed by atoms with Crippen molar-refractivity contribution in [3.05, 3.63) is 54.6 Å². The number of aromatic nitrogens is 2. The first-order valence-corrected chi connectivity index (χ1v) is 8.85. The molecule has 2 unspecified atom stereocenters. The highest BCUT2D eigenvalue weighted by molar-refractivity contribution is 5.74. The molecule has 4 rings (SSSR count). The molecule has 7 heteroatoms. The van der Waals surface area contributed by atoms with Gasteiger partial charge in [0.1, 0.15) is 11.9 Å². The van der Waals surface area contributed by atoms with Crippen LogP contribution in [0.2, 0.25) is 0 Å². The van der Waals surface area contributed by atoms with Gasteiger partial charge in [0.25, 0.3) is 0 Å².